The maximum Gasteiger partial charge on any atom is 0.138 e. The Balaban J connectivity index is 2.15. The number of benzene rings is 3. The molecule has 2 heteroatoms. The van der Waals surface area contributed by atoms with Gasteiger partial charge in [-0.3, -0.25) is 0 Å². The second-order valence-electron chi connectivity index (χ2n) is 9.09. The summed E-state index contributed by atoms with van der Waals surface area (Å²) in [5, 5.41) is 5.06. The van der Waals surface area contributed by atoms with Crippen LogP contribution in [0.2, 0.25) is 36.3 Å². The SMILES string of the molecule is CC[Si](C#Cc1cccc2cc3c(C#C[Si](CC)(CC)CC)cccc3cc12)(CC)CC. The van der Waals surface area contributed by atoms with Crippen molar-refractivity contribution < 1.29 is 0 Å². The van der Waals surface area contributed by atoms with Gasteiger partial charge in [0.25, 0.3) is 0 Å². The average Bonchev–Trinajstić information content (AvgIpc) is 2.85. The molecule has 32 heavy (non-hydrogen) atoms. The van der Waals surface area contributed by atoms with E-state index in [1.807, 2.05) is 0 Å². The summed E-state index contributed by atoms with van der Waals surface area (Å²) in [4.78, 5) is 0. The van der Waals surface area contributed by atoms with Gasteiger partial charge in [-0.15, -0.1) is 11.1 Å². The lowest BCUT2D eigenvalue weighted by Crippen LogP contribution is -2.29. The Morgan fingerprint density at radius 3 is 1.19 bits per heavy atom. The predicted molar refractivity (Wildman–Crippen MR) is 150 cm³/mol. The molecule has 3 aromatic rings. The standard InChI is InChI=1S/C30H38Si2/c1-7-31(8-2,9-3)21-19-25-15-13-17-27-24-30-26(16-14-18-28(30)23-29(25)27)20-22-32(10-4,11-5)12-6/h13-18,23-24H,7-12H2,1-6H3. The first kappa shape index (κ1) is 24.4. The van der Waals surface area contributed by atoms with Crippen molar-refractivity contribution in [2.75, 3.05) is 0 Å². The third-order valence-corrected chi connectivity index (χ3v) is 17.3. The fourth-order valence-corrected chi connectivity index (χ4v) is 9.56. The Morgan fingerprint density at radius 1 is 0.531 bits per heavy atom. The largest absolute Gasteiger partial charge is 0.138 e. The molecule has 0 spiro atoms. The van der Waals surface area contributed by atoms with Gasteiger partial charge in [0.15, 0.2) is 0 Å². The first-order valence-corrected chi connectivity index (χ1v) is 17.7. The van der Waals surface area contributed by atoms with Crippen LogP contribution in [0, 0.1) is 22.9 Å². The van der Waals surface area contributed by atoms with Gasteiger partial charge in [0, 0.05) is 11.1 Å². The van der Waals surface area contributed by atoms with Gasteiger partial charge < -0.3 is 0 Å². The molecule has 0 saturated heterocycles. The molecule has 0 aromatic heterocycles. The van der Waals surface area contributed by atoms with Crippen molar-refractivity contribution in [3.8, 4) is 22.9 Å². The van der Waals surface area contributed by atoms with E-state index in [9.17, 15) is 0 Å². The molecule has 0 saturated carbocycles. The molecule has 0 N–H and O–H groups in total. The number of hydrogen-bond donors (Lipinski definition) is 0. The lowest BCUT2D eigenvalue weighted by atomic mass is 9.97. The molecule has 3 rings (SSSR count). The molecule has 0 bridgehead atoms. The third kappa shape index (κ3) is 4.88. The Kier molecular flexibility index (Phi) is 8.05. The van der Waals surface area contributed by atoms with Crippen molar-refractivity contribution in [3.05, 3.63) is 59.7 Å². The molecule has 0 unspecified atom stereocenters. The van der Waals surface area contributed by atoms with Crippen LogP contribution in [0.25, 0.3) is 21.5 Å². The minimum absolute atomic E-state index is 1.17. The molecule has 0 radical (unpaired) electrons. The second kappa shape index (κ2) is 10.6. The number of fused-ring (bicyclic) bond motifs is 2. The Morgan fingerprint density at radius 2 is 0.875 bits per heavy atom. The van der Waals surface area contributed by atoms with Gasteiger partial charge in [0.2, 0.25) is 0 Å². The maximum atomic E-state index is 3.78. The molecule has 0 nitrogen and oxygen atoms in total. The highest BCUT2D eigenvalue weighted by Crippen LogP contribution is 2.28. The fraction of sp³-hybridized carbons (Fsp3) is 0.400. The van der Waals surface area contributed by atoms with Crippen molar-refractivity contribution in [1.82, 2.24) is 0 Å². The summed E-state index contributed by atoms with van der Waals surface area (Å²) in [6, 6.07) is 25.2. The molecular weight excluding hydrogens is 417 g/mol. The van der Waals surface area contributed by atoms with Gasteiger partial charge >= 0.3 is 0 Å². The van der Waals surface area contributed by atoms with Crippen LogP contribution >= 0.6 is 0 Å². The molecule has 0 aliphatic heterocycles. The smallest absolute Gasteiger partial charge is 0.126 e. The minimum Gasteiger partial charge on any atom is -0.126 e. The summed E-state index contributed by atoms with van der Waals surface area (Å²) in [5.41, 5.74) is 9.89. The minimum atomic E-state index is -1.47. The van der Waals surface area contributed by atoms with E-state index in [1.54, 1.807) is 0 Å². The Hall–Kier alpha value is -2.27. The zero-order chi connectivity index (χ0) is 23.2. The summed E-state index contributed by atoms with van der Waals surface area (Å²) in [6.45, 7) is 13.9. The highest BCUT2D eigenvalue weighted by atomic mass is 28.3. The first-order chi connectivity index (χ1) is 15.5. The van der Waals surface area contributed by atoms with Gasteiger partial charge in [-0.2, -0.15) is 0 Å². The molecule has 3 aromatic carbocycles. The van der Waals surface area contributed by atoms with Gasteiger partial charge in [-0.05, 0) is 82.1 Å². The maximum absolute atomic E-state index is 3.78. The van der Waals surface area contributed by atoms with E-state index in [0.29, 0.717) is 0 Å². The number of rotatable bonds is 6. The molecule has 0 fully saturated rings. The van der Waals surface area contributed by atoms with Crippen molar-refractivity contribution in [1.29, 1.82) is 0 Å². The summed E-state index contributed by atoms with van der Waals surface area (Å²) >= 11 is 0. The van der Waals surface area contributed by atoms with Crippen LogP contribution in [0.3, 0.4) is 0 Å². The molecule has 0 amide bonds. The van der Waals surface area contributed by atoms with E-state index in [1.165, 1.54) is 68.9 Å². The van der Waals surface area contributed by atoms with E-state index in [4.69, 9.17) is 0 Å². The van der Waals surface area contributed by atoms with Crippen LogP contribution in [0.1, 0.15) is 52.7 Å². The summed E-state index contributed by atoms with van der Waals surface area (Å²) in [6.07, 6.45) is 0. The Bertz CT molecular complexity index is 1090. The van der Waals surface area contributed by atoms with E-state index in [-0.39, 0.29) is 0 Å². The van der Waals surface area contributed by atoms with E-state index in [2.05, 4.69) is 113 Å². The lowest BCUT2D eigenvalue weighted by molar-refractivity contribution is 1.20. The van der Waals surface area contributed by atoms with Crippen molar-refractivity contribution >= 4 is 37.7 Å². The van der Waals surface area contributed by atoms with Crippen LogP contribution < -0.4 is 0 Å². The zero-order valence-electron chi connectivity index (χ0n) is 20.9. The van der Waals surface area contributed by atoms with Crippen LogP contribution in [0.5, 0.6) is 0 Å². The lowest BCUT2D eigenvalue weighted by Gasteiger charge is -2.20. The highest BCUT2D eigenvalue weighted by Gasteiger charge is 2.25. The van der Waals surface area contributed by atoms with Crippen LogP contribution in [0.4, 0.5) is 0 Å². The van der Waals surface area contributed by atoms with E-state index < -0.39 is 16.1 Å². The highest BCUT2D eigenvalue weighted by molar-refractivity contribution is 6.87. The average molecular weight is 455 g/mol. The quantitative estimate of drug-likeness (QED) is 0.198. The first-order valence-electron chi connectivity index (χ1n) is 12.5. The predicted octanol–water partition coefficient (Wildman–Crippen LogP) is 8.79. The third-order valence-electron chi connectivity index (χ3n) is 7.86. The van der Waals surface area contributed by atoms with Gasteiger partial charge in [-0.1, -0.05) is 77.6 Å². The summed E-state index contributed by atoms with van der Waals surface area (Å²) in [5.74, 6) is 7.24. The topological polar surface area (TPSA) is 0 Å². The normalized spacial score (nSPS) is 11.7. The van der Waals surface area contributed by atoms with Gasteiger partial charge in [-0.25, -0.2) is 0 Å². The molecule has 0 aliphatic rings. The van der Waals surface area contributed by atoms with Crippen molar-refractivity contribution in [2.45, 2.75) is 77.8 Å². The van der Waals surface area contributed by atoms with Crippen LogP contribution in [-0.4, -0.2) is 16.1 Å². The summed E-state index contributed by atoms with van der Waals surface area (Å²) in [7, 11) is -2.93. The number of hydrogen-bond acceptors (Lipinski definition) is 0. The molecule has 0 heterocycles. The molecule has 0 aliphatic carbocycles. The monoisotopic (exact) mass is 454 g/mol. The fourth-order valence-electron chi connectivity index (χ4n) is 4.70. The van der Waals surface area contributed by atoms with E-state index >= 15 is 0 Å². The van der Waals surface area contributed by atoms with Gasteiger partial charge in [0.1, 0.15) is 16.1 Å². The van der Waals surface area contributed by atoms with E-state index in [0.717, 1.165) is 0 Å². The molecule has 0 atom stereocenters. The van der Waals surface area contributed by atoms with Crippen LogP contribution in [0.15, 0.2) is 48.5 Å². The zero-order valence-corrected chi connectivity index (χ0v) is 22.9. The van der Waals surface area contributed by atoms with Crippen LogP contribution in [-0.2, 0) is 0 Å². The van der Waals surface area contributed by atoms with Crippen molar-refractivity contribution in [2.24, 2.45) is 0 Å². The van der Waals surface area contributed by atoms with Gasteiger partial charge in [0.05, 0.1) is 0 Å². The Labute approximate surface area is 197 Å². The second-order valence-corrected chi connectivity index (χ2v) is 19.0. The molecular formula is C30H38Si2. The molecule has 166 valence electrons. The van der Waals surface area contributed by atoms with Crippen molar-refractivity contribution in [3.63, 3.8) is 0 Å². The summed E-state index contributed by atoms with van der Waals surface area (Å²) < 4.78 is 0.